The number of methoxy groups -OCH3 is 1. The number of hydrogen-bond acceptors (Lipinski definition) is 5. The van der Waals surface area contributed by atoms with Crippen LogP contribution in [0.4, 0.5) is 0 Å². The van der Waals surface area contributed by atoms with Gasteiger partial charge in [-0.2, -0.15) is 0 Å². The number of aldehydes is 1. The summed E-state index contributed by atoms with van der Waals surface area (Å²) in [6.45, 7) is 0.492. The number of benzene rings is 2. The summed E-state index contributed by atoms with van der Waals surface area (Å²) in [6.07, 6.45) is 0.695. The van der Waals surface area contributed by atoms with Crippen LogP contribution in [-0.2, 0) is 0 Å². The van der Waals surface area contributed by atoms with Crippen LogP contribution in [0.15, 0.2) is 48.5 Å². The fraction of sp³-hybridized carbons (Fsp3) is 0.222. The Labute approximate surface area is 145 Å². The molecule has 0 heterocycles. The van der Waals surface area contributed by atoms with Crippen molar-refractivity contribution in [2.45, 2.75) is 0 Å². The molecule has 24 heavy (non-hydrogen) atoms. The molecule has 0 fully saturated rings. The van der Waals surface area contributed by atoms with Crippen LogP contribution < -0.4 is 8.92 Å². The molecule has 0 atom stereocenters. The van der Waals surface area contributed by atoms with E-state index in [-0.39, 0.29) is 5.91 Å². The lowest BCUT2D eigenvalue weighted by molar-refractivity contribution is 0.0800. The fourth-order valence-corrected chi connectivity index (χ4v) is 2.77. The van der Waals surface area contributed by atoms with Crippen LogP contribution in [-0.4, -0.2) is 43.5 Å². The summed E-state index contributed by atoms with van der Waals surface area (Å²) in [5, 5.41) is 0. The van der Waals surface area contributed by atoms with E-state index in [1.165, 1.54) is 12.0 Å². The normalized spacial score (nSPS) is 10.1. The summed E-state index contributed by atoms with van der Waals surface area (Å²) >= 11 is 1.24. The second-order valence-corrected chi connectivity index (χ2v) is 5.80. The highest BCUT2D eigenvalue weighted by molar-refractivity contribution is 7.95. The molecule has 2 aromatic carbocycles. The van der Waals surface area contributed by atoms with E-state index in [4.69, 9.17) is 8.92 Å². The lowest BCUT2D eigenvalue weighted by Gasteiger charge is -2.17. The highest BCUT2D eigenvalue weighted by Crippen LogP contribution is 2.28. The van der Waals surface area contributed by atoms with Crippen LogP contribution >= 0.6 is 12.0 Å². The number of carbonyl (C=O) groups excluding carboxylic acids is 2. The van der Waals surface area contributed by atoms with Gasteiger partial charge in [0.1, 0.15) is 0 Å². The van der Waals surface area contributed by atoms with Crippen LogP contribution in [0.25, 0.3) is 0 Å². The number of rotatable bonds is 8. The Morgan fingerprint density at radius 1 is 1.12 bits per heavy atom. The molecule has 1 amide bonds. The molecule has 2 aromatic rings. The maximum Gasteiger partial charge on any atom is 0.254 e. The van der Waals surface area contributed by atoms with Gasteiger partial charge in [-0.25, -0.2) is 0 Å². The molecule has 0 aliphatic carbocycles. The van der Waals surface area contributed by atoms with Crippen LogP contribution in [0.2, 0.25) is 0 Å². The number of nitrogens with zero attached hydrogens (tertiary/aromatic N) is 1. The summed E-state index contributed by atoms with van der Waals surface area (Å²) in [4.78, 5) is 25.0. The molecule has 2 rings (SSSR count). The highest BCUT2D eigenvalue weighted by atomic mass is 32.2. The molecule has 0 unspecified atom stereocenters. The van der Waals surface area contributed by atoms with Gasteiger partial charge in [0.05, 0.1) is 24.7 Å². The third-order valence-corrected chi connectivity index (χ3v) is 4.04. The van der Waals surface area contributed by atoms with Gasteiger partial charge in [0, 0.05) is 24.9 Å². The predicted molar refractivity (Wildman–Crippen MR) is 94.9 cm³/mol. The number of carbonyl (C=O) groups is 2. The van der Waals surface area contributed by atoms with E-state index in [1.54, 1.807) is 43.3 Å². The first-order valence-corrected chi connectivity index (χ1v) is 8.30. The molecule has 0 bridgehead atoms. The number of amides is 1. The lowest BCUT2D eigenvalue weighted by atomic mass is 10.1. The van der Waals surface area contributed by atoms with E-state index in [9.17, 15) is 9.59 Å². The van der Waals surface area contributed by atoms with Gasteiger partial charge in [-0.3, -0.25) is 9.59 Å². The topological polar surface area (TPSA) is 55.8 Å². The Balaban J connectivity index is 1.86. The number of ether oxygens (including phenoxy) is 1. The Bertz CT molecular complexity index is 705. The second kappa shape index (κ2) is 8.98. The molecule has 6 heteroatoms. The highest BCUT2D eigenvalue weighted by Gasteiger charge is 2.15. The minimum absolute atomic E-state index is 0.185. The van der Waals surface area contributed by atoms with E-state index in [0.717, 1.165) is 0 Å². The fourth-order valence-electron chi connectivity index (χ4n) is 2.07. The molecule has 0 spiro atoms. The summed E-state index contributed by atoms with van der Waals surface area (Å²) in [6, 6.07) is 14.1. The van der Waals surface area contributed by atoms with Crippen molar-refractivity contribution in [3.05, 3.63) is 59.7 Å². The van der Waals surface area contributed by atoms with E-state index in [0.29, 0.717) is 41.2 Å². The number of para-hydroxylation sites is 2. The van der Waals surface area contributed by atoms with Gasteiger partial charge in [0.25, 0.3) is 5.91 Å². The summed E-state index contributed by atoms with van der Waals surface area (Å²) in [5.74, 6) is 1.71. The van der Waals surface area contributed by atoms with E-state index < -0.39 is 0 Å². The third-order valence-electron chi connectivity index (χ3n) is 3.39. The largest absolute Gasteiger partial charge is 0.493 e. The Morgan fingerprint density at radius 3 is 2.50 bits per heavy atom. The first-order chi connectivity index (χ1) is 11.7. The molecule has 0 saturated carbocycles. The van der Waals surface area contributed by atoms with Gasteiger partial charge in [0.2, 0.25) is 0 Å². The van der Waals surface area contributed by atoms with Crippen molar-refractivity contribution in [1.29, 1.82) is 0 Å². The third kappa shape index (κ3) is 4.52. The van der Waals surface area contributed by atoms with Crippen LogP contribution in [0.3, 0.4) is 0 Å². The first-order valence-electron chi connectivity index (χ1n) is 7.39. The van der Waals surface area contributed by atoms with Crippen LogP contribution in [0.1, 0.15) is 20.7 Å². The lowest BCUT2D eigenvalue weighted by Crippen LogP contribution is -2.29. The maximum atomic E-state index is 12.4. The molecule has 0 aromatic heterocycles. The molecule has 126 valence electrons. The maximum absolute atomic E-state index is 12.4. The van der Waals surface area contributed by atoms with Crippen molar-refractivity contribution in [1.82, 2.24) is 4.90 Å². The number of hydrogen-bond donors (Lipinski definition) is 0. The first kappa shape index (κ1) is 17.9. The van der Waals surface area contributed by atoms with Crippen molar-refractivity contribution in [2.75, 3.05) is 26.5 Å². The van der Waals surface area contributed by atoms with Crippen molar-refractivity contribution >= 4 is 24.2 Å². The smallest absolute Gasteiger partial charge is 0.254 e. The zero-order valence-corrected chi connectivity index (χ0v) is 14.4. The molecule has 0 aliphatic rings. The molecular formula is C18H19NO4S. The molecular weight excluding hydrogens is 326 g/mol. The Kier molecular flexibility index (Phi) is 6.69. The van der Waals surface area contributed by atoms with E-state index in [1.807, 2.05) is 24.3 Å². The van der Waals surface area contributed by atoms with Gasteiger partial charge in [0.15, 0.2) is 17.8 Å². The standard InChI is InChI=1S/C18H19NO4S/c1-19(18(21)15-8-4-3-7-14(15)13-20)11-12-24-23-17-10-6-5-9-16(17)22-2/h3-10,13H,11-12H2,1-2H3. The average Bonchev–Trinajstić information content (AvgIpc) is 2.64. The quantitative estimate of drug-likeness (QED) is 0.417. The average molecular weight is 345 g/mol. The molecule has 0 aliphatic heterocycles. The monoisotopic (exact) mass is 345 g/mol. The van der Waals surface area contributed by atoms with Gasteiger partial charge in [-0.05, 0) is 18.2 Å². The summed E-state index contributed by atoms with van der Waals surface area (Å²) < 4.78 is 10.8. The Hall–Kier alpha value is -2.47. The van der Waals surface area contributed by atoms with Crippen molar-refractivity contribution < 1.29 is 18.5 Å². The SMILES string of the molecule is COc1ccccc1OSCCN(C)C(=O)c1ccccc1C=O. The van der Waals surface area contributed by atoms with E-state index >= 15 is 0 Å². The predicted octanol–water partition coefficient (Wildman–Crippen LogP) is 3.31. The summed E-state index contributed by atoms with van der Waals surface area (Å²) in [5.41, 5.74) is 0.804. The Morgan fingerprint density at radius 2 is 1.79 bits per heavy atom. The van der Waals surface area contributed by atoms with Gasteiger partial charge < -0.3 is 13.8 Å². The van der Waals surface area contributed by atoms with E-state index in [2.05, 4.69) is 0 Å². The molecule has 0 radical (unpaired) electrons. The van der Waals surface area contributed by atoms with Crippen molar-refractivity contribution in [2.24, 2.45) is 0 Å². The zero-order valence-electron chi connectivity index (χ0n) is 13.6. The van der Waals surface area contributed by atoms with Crippen molar-refractivity contribution in [3.8, 4) is 11.5 Å². The second-order valence-electron chi connectivity index (χ2n) is 4.99. The van der Waals surface area contributed by atoms with Gasteiger partial charge >= 0.3 is 0 Å². The minimum Gasteiger partial charge on any atom is -0.493 e. The molecule has 0 saturated heterocycles. The minimum atomic E-state index is -0.185. The molecule has 5 nitrogen and oxygen atoms in total. The van der Waals surface area contributed by atoms with Gasteiger partial charge in [-0.15, -0.1) is 0 Å². The summed E-state index contributed by atoms with van der Waals surface area (Å²) in [7, 11) is 3.29. The van der Waals surface area contributed by atoms with Crippen LogP contribution in [0.5, 0.6) is 11.5 Å². The zero-order chi connectivity index (χ0) is 17.4. The molecule has 0 N–H and O–H groups in total. The van der Waals surface area contributed by atoms with Crippen LogP contribution in [0, 0.1) is 0 Å². The van der Waals surface area contributed by atoms with Gasteiger partial charge in [-0.1, -0.05) is 30.3 Å². The van der Waals surface area contributed by atoms with Crippen molar-refractivity contribution in [3.63, 3.8) is 0 Å².